The zero-order chi connectivity index (χ0) is 20.1. The molecule has 4 rings (SSSR count). The number of rotatable bonds is 6. The van der Waals surface area contributed by atoms with E-state index in [2.05, 4.69) is 25.3 Å². The van der Waals surface area contributed by atoms with E-state index in [1.165, 1.54) is 0 Å². The van der Waals surface area contributed by atoms with E-state index < -0.39 is 0 Å². The second-order valence-corrected chi connectivity index (χ2v) is 6.85. The van der Waals surface area contributed by atoms with Gasteiger partial charge in [-0.15, -0.1) is 0 Å². The molecule has 0 aliphatic carbocycles. The third kappa shape index (κ3) is 4.66. The smallest absolute Gasteiger partial charge is 0.229 e. The highest BCUT2D eigenvalue weighted by Gasteiger charge is 2.28. The van der Waals surface area contributed by atoms with Crippen molar-refractivity contribution in [3.05, 3.63) is 66.2 Å². The second-order valence-electron chi connectivity index (χ2n) is 6.85. The molecule has 1 aliphatic rings. The van der Waals surface area contributed by atoms with Gasteiger partial charge in [0.15, 0.2) is 0 Å². The minimum Gasteiger partial charge on any atom is -0.497 e. The van der Waals surface area contributed by atoms with Gasteiger partial charge < -0.3 is 9.64 Å². The highest BCUT2D eigenvalue weighted by molar-refractivity contribution is 5.79. The van der Waals surface area contributed by atoms with E-state index in [0.717, 1.165) is 30.0 Å². The summed E-state index contributed by atoms with van der Waals surface area (Å²) in [5.41, 5.74) is 1.90. The summed E-state index contributed by atoms with van der Waals surface area (Å²) >= 11 is 0. The first kappa shape index (κ1) is 18.8. The predicted octanol–water partition coefficient (Wildman–Crippen LogP) is 2.58. The topological polar surface area (TPSA) is 93.1 Å². The maximum atomic E-state index is 12.7. The van der Waals surface area contributed by atoms with Gasteiger partial charge in [-0.05, 0) is 36.2 Å². The van der Waals surface area contributed by atoms with Gasteiger partial charge in [-0.1, -0.05) is 12.1 Å². The van der Waals surface area contributed by atoms with E-state index in [1.807, 2.05) is 35.2 Å². The molecule has 0 unspecified atom stereocenters. The number of hydrogen-bond donors (Lipinski definition) is 1. The average Bonchev–Trinajstić information content (AvgIpc) is 3.26. The monoisotopic (exact) mass is 390 g/mol. The number of amides is 1. The fourth-order valence-electron chi connectivity index (χ4n) is 3.38. The lowest BCUT2D eigenvalue weighted by atomic mass is 10.1. The third-order valence-corrected chi connectivity index (χ3v) is 4.94. The van der Waals surface area contributed by atoms with Gasteiger partial charge in [-0.25, -0.2) is 19.9 Å². The van der Waals surface area contributed by atoms with Gasteiger partial charge in [0.05, 0.1) is 19.2 Å². The third-order valence-electron chi connectivity index (χ3n) is 4.94. The maximum absolute atomic E-state index is 12.7. The Morgan fingerprint density at radius 1 is 1.10 bits per heavy atom. The Bertz CT molecular complexity index is 964. The molecule has 1 N–H and O–H groups in total. The fraction of sp³-hybridized carbons (Fsp3) is 0.286. The van der Waals surface area contributed by atoms with E-state index in [9.17, 15) is 4.79 Å². The molecule has 3 heterocycles. The predicted molar refractivity (Wildman–Crippen MR) is 108 cm³/mol. The lowest BCUT2D eigenvalue weighted by Gasteiger charge is -2.17. The van der Waals surface area contributed by atoms with Gasteiger partial charge in [-0.3, -0.25) is 10.1 Å². The lowest BCUT2D eigenvalue weighted by Crippen LogP contribution is -2.30. The van der Waals surface area contributed by atoms with Gasteiger partial charge >= 0.3 is 0 Å². The minimum atomic E-state index is 0.128. The highest BCUT2D eigenvalue weighted by atomic mass is 16.5. The summed E-state index contributed by atoms with van der Waals surface area (Å²) in [5, 5.41) is 3.01. The highest BCUT2D eigenvalue weighted by Crippen LogP contribution is 2.27. The number of nitrogens with one attached hydrogen (secondary N) is 1. The molecule has 0 saturated carbocycles. The SMILES string of the molecule is COc1ccc(CC(=O)N2CC[C@H](c3ccnc(Nc4ncccn4)n3)C2)cc1. The molecular formula is C21H22N6O2. The number of likely N-dealkylation sites (tertiary alicyclic amines) is 1. The Hall–Kier alpha value is -3.55. The Labute approximate surface area is 169 Å². The van der Waals surface area contributed by atoms with Crippen molar-refractivity contribution < 1.29 is 9.53 Å². The van der Waals surface area contributed by atoms with Gasteiger partial charge in [0.1, 0.15) is 5.75 Å². The van der Waals surface area contributed by atoms with E-state index in [0.29, 0.717) is 24.9 Å². The van der Waals surface area contributed by atoms with E-state index in [-0.39, 0.29) is 11.8 Å². The number of aromatic nitrogens is 4. The zero-order valence-electron chi connectivity index (χ0n) is 16.2. The van der Waals surface area contributed by atoms with Crippen LogP contribution in [0, 0.1) is 0 Å². The standard InChI is InChI=1S/C21H22N6O2/c1-29-17-5-3-15(4-6-17)13-19(28)27-12-8-16(14-27)18-7-11-24-21(25-18)26-20-22-9-2-10-23-20/h2-7,9-11,16H,8,12-14H2,1H3,(H,22,23,24,25,26)/t16-/m0/s1. The Morgan fingerprint density at radius 3 is 2.62 bits per heavy atom. The molecule has 1 saturated heterocycles. The molecular weight excluding hydrogens is 368 g/mol. The first-order valence-corrected chi connectivity index (χ1v) is 9.49. The number of carbonyl (C=O) groups excluding carboxylic acids is 1. The number of nitrogens with zero attached hydrogens (tertiary/aromatic N) is 5. The summed E-state index contributed by atoms with van der Waals surface area (Å²) < 4.78 is 5.16. The summed E-state index contributed by atoms with van der Waals surface area (Å²) in [7, 11) is 1.63. The maximum Gasteiger partial charge on any atom is 0.229 e. The van der Waals surface area contributed by atoms with Crippen molar-refractivity contribution >= 4 is 17.8 Å². The molecule has 1 aromatic carbocycles. The molecule has 29 heavy (non-hydrogen) atoms. The molecule has 0 radical (unpaired) electrons. The molecule has 1 amide bonds. The molecule has 3 aromatic rings. The molecule has 2 aromatic heterocycles. The van der Waals surface area contributed by atoms with E-state index in [1.54, 1.807) is 31.8 Å². The van der Waals surface area contributed by atoms with Crippen molar-refractivity contribution in [3.63, 3.8) is 0 Å². The minimum absolute atomic E-state index is 0.128. The fourth-order valence-corrected chi connectivity index (χ4v) is 3.38. The van der Waals surface area contributed by atoms with Crippen LogP contribution in [0.25, 0.3) is 0 Å². The van der Waals surface area contributed by atoms with Gasteiger partial charge in [-0.2, -0.15) is 0 Å². The van der Waals surface area contributed by atoms with Gasteiger partial charge in [0, 0.05) is 37.6 Å². The van der Waals surface area contributed by atoms with Crippen molar-refractivity contribution in [3.8, 4) is 5.75 Å². The Kier molecular flexibility index (Phi) is 5.60. The summed E-state index contributed by atoms with van der Waals surface area (Å²) in [6, 6.07) is 11.3. The first-order valence-electron chi connectivity index (χ1n) is 9.49. The second kappa shape index (κ2) is 8.64. The summed E-state index contributed by atoms with van der Waals surface area (Å²) in [5.74, 6) is 2.01. The van der Waals surface area contributed by atoms with Crippen LogP contribution in [0.15, 0.2) is 55.0 Å². The summed E-state index contributed by atoms with van der Waals surface area (Å²) in [4.78, 5) is 31.7. The normalized spacial score (nSPS) is 15.9. The molecule has 1 aliphatic heterocycles. The number of ether oxygens (including phenoxy) is 1. The molecule has 0 bridgehead atoms. The Morgan fingerprint density at radius 2 is 1.86 bits per heavy atom. The van der Waals surface area contributed by atoms with Crippen LogP contribution < -0.4 is 10.1 Å². The van der Waals surface area contributed by atoms with Crippen LogP contribution in [-0.4, -0.2) is 50.9 Å². The van der Waals surface area contributed by atoms with Crippen LogP contribution in [0.5, 0.6) is 5.75 Å². The molecule has 8 nitrogen and oxygen atoms in total. The van der Waals surface area contributed by atoms with Crippen molar-refractivity contribution in [2.75, 3.05) is 25.5 Å². The van der Waals surface area contributed by atoms with Crippen LogP contribution in [0.4, 0.5) is 11.9 Å². The van der Waals surface area contributed by atoms with Crippen molar-refractivity contribution in [1.82, 2.24) is 24.8 Å². The van der Waals surface area contributed by atoms with Crippen molar-refractivity contribution in [1.29, 1.82) is 0 Å². The molecule has 0 spiro atoms. The molecule has 8 heteroatoms. The van der Waals surface area contributed by atoms with E-state index >= 15 is 0 Å². The quantitative estimate of drug-likeness (QED) is 0.691. The van der Waals surface area contributed by atoms with E-state index in [4.69, 9.17) is 4.74 Å². The Balaban J connectivity index is 1.37. The molecule has 1 atom stereocenters. The number of hydrogen-bond acceptors (Lipinski definition) is 7. The first-order chi connectivity index (χ1) is 14.2. The van der Waals surface area contributed by atoms with Crippen molar-refractivity contribution in [2.45, 2.75) is 18.8 Å². The van der Waals surface area contributed by atoms with Crippen LogP contribution in [0.3, 0.4) is 0 Å². The average molecular weight is 390 g/mol. The number of carbonyl (C=O) groups is 1. The molecule has 148 valence electrons. The summed E-state index contributed by atoms with van der Waals surface area (Å²) in [6.45, 7) is 1.39. The zero-order valence-corrected chi connectivity index (χ0v) is 16.2. The summed E-state index contributed by atoms with van der Waals surface area (Å²) in [6.07, 6.45) is 6.30. The van der Waals surface area contributed by atoms with Crippen LogP contribution in [0.2, 0.25) is 0 Å². The number of methoxy groups -OCH3 is 1. The van der Waals surface area contributed by atoms with Crippen LogP contribution in [-0.2, 0) is 11.2 Å². The van der Waals surface area contributed by atoms with Crippen LogP contribution >= 0.6 is 0 Å². The lowest BCUT2D eigenvalue weighted by molar-refractivity contribution is -0.129. The van der Waals surface area contributed by atoms with Crippen LogP contribution in [0.1, 0.15) is 23.6 Å². The number of anilines is 2. The van der Waals surface area contributed by atoms with Gasteiger partial charge in [0.25, 0.3) is 0 Å². The van der Waals surface area contributed by atoms with Crippen molar-refractivity contribution in [2.24, 2.45) is 0 Å². The largest absolute Gasteiger partial charge is 0.497 e. The molecule has 1 fully saturated rings. The van der Waals surface area contributed by atoms with Gasteiger partial charge in [0.2, 0.25) is 17.8 Å². The number of benzene rings is 1.